The molecular formula is C12H21N3O3. The first-order valence-corrected chi connectivity index (χ1v) is 6.34. The Labute approximate surface area is 107 Å². The molecule has 1 aliphatic heterocycles. The predicted octanol–water partition coefficient (Wildman–Crippen LogP) is -0.232. The normalized spacial score (nSPS) is 21.7. The third-order valence-corrected chi connectivity index (χ3v) is 3.01. The van der Waals surface area contributed by atoms with Crippen molar-refractivity contribution < 1.29 is 14.4 Å². The van der Waals surface area contributed by atoms with Gasteiger partial charge in [0.25, 0.3) is 0 Å². The molecular weight excluding hydrogens is 234 g/mol. The third kappa shape index (κ3) is 3.80. The maximum absolute atomic E-state index is 12.0. The van der Waals surface area contributed by atoms with Gasteiger partial charge in [-0.1, -0.05) is 6.92 Å². The van der Waals surface area contributed by atoms with E-state index in [1.165, 1.54) is 4.90 Å². The summed E-state index contributed by atoms with van der Waals surface area (Å²) in [6.07, 6.45) is 2.28. The van der Waals surface area contributed by atoms with Gasteiger partial charge in [-0.2, -0.15) is 0 Å². The standard InChI is InChI=1S/C12H21N3O3/c1-3-9-12(18)14-10(16)7-15(9)11(17)6-4-5-8(2)13/h8-9H,3-7,13H2,1-2H3,(H,14,16,18). The van der Waals surface area contributed by atoms with Crippen molar-refractivity contribution >= 4 is 17.7 Å². The van der Waals surface area contributed by atoms with Crippen LogP contribution in [-0.4, -0.2) is 41.2 Å². The van der Waals surface area contributed by atoms with Crippen LogP contribution in [0, 0.1) is 0 Å². The van der Waals surface area contributed by atoms with Crippen LogP contribution in [0.2, 0.25) is 0 Å². The number of carbonyl (C=O) groups is 3. The summed E-state index contributed by atoms with van der Waals surface area (Å²) in [6, 6.07) is -0.462. The molecule has 0 aromatic rings. The monoisotopic (exact) mass is 255 g/mol. The molecule has 0 aromatic heterocycles. The Kier molecular flexibility index (Phi) is 5.27. The quantitative estimate of drug-likeness (QED) is 0.664. The van der Waals surface area contributed by atoms with Gasteiger partial charge in [-0.3, -0.25) is 19.7 Å². The second-order valence-electron chi connectivity index (χ2n) is 4.73. The minimum Gasteiger partial charge on any atom is -0.328 e. The molecule has 2 unspecified atom stereocenters. The molecule has 0 aliphatic carbocycles. The highest BCUT2D eigenvalue weighted by molar-refractivity contribution is 6.04. The molecule has 6 nitrogen and oxygen atoms in total. The van der Waals surface area contributed by atoms with Crippen molar-refractivity contribution in [2.45, 2.75) is 51.6 Å². The third-order valence-electron chi connectivity index (χ3n) is 3.01. The number of hydrogen-bond acceptors (Lipinski definition) is 4. The molecule has 1 aliphatic rings. The number of nitrogens with one attached hydrogen (secondary N) is 1. The molecule has 0 radical (unpaired) electrons. The molecule has 3 amide bonds. The molecule has 1 rings (SSSR count). The summed E-state index contributed by atoms with van der Waals surface area (Å²) in [5, 5.41) is 2.25. The molecule has 6 heteroatoms. The number of rotatable bonds is 5. The van der Waals surface area contributed by atoms with Gasteiger partial charge in [-0.25, -0.2) is 0 Å². The van der Waals surface area contributed by atoms with Crippen molar-refractivity contribution in [2.75, 3.05) is 6.54 Å². The van der Waals surface area contributed by atoms with Crippen LogP contribution in [-0.2, 0) is 14.4 Å². The van der Waals surface area contributed by atoms with E-state index in [9.17, 15) is 14.4 Å². The van der Waals surface area contributed by atoms with Crippen molar-refractivity contribution in [1.29, 1.82) is 0 Å². The molecule has 1 saturated heterocycles. The van der Waals surface area contributed by atoms with Crippen LogP contribution in [0.5, 0.6) is 0 Å². The van der Waals surface area contributed by atoms with Gasteiger partial charge in [0.15, 0.2) is 0 Å². The molecule has 18 heavy (non-hydrogen) atoms. The maximum atomic E-state index is 12.0. The van der Waals surface area contributed by atoms with Crippen LogP contribution in [0.4, 0.5) is 0 Å². The zero-order chi connectivity index (χ0) is 13.7. The van der Waals surface area contributed by atoms with Gasteiger partial charge in [0.2, 0.25) is 17.7 Å². The second kappa shape index (κ2) is 6.49. The minimum absolute atomic E-state index is 0.0265. The number of hydrogen-bond donors (Lipinski definition) is 2. The van der Waals surface area contributed by atoms with Gasteiger partial charge in [0.05, 0.1) is 0 Å². The van der Waals surface area contributed by atoms with Crippen LogP contribution in [0.3, 0.4) is 0 Å². The lowest BCUT2D eigenvalue weighted by Crippen LogP contribution is -2.59. The van der Waals surface area contributed by atoms with E-state index in [2.05, 4.69) is 5.32 Å². The lowest BCUT2D eigenvalue weighted by atomic mass is 10.1. The average molecular weight is 255 g/mol. The van der Waals surface area contributed by atoms with E-state index in [4.69, 9.17) is 5.73 Å². The summed E-state index contributed by atoms with van der Waals surface area (Å²) < 4.78 is 0. The predicted molar refractivity (Wildman–Crippen MR) is 66.4 cm³/mol. The first-order chi connectivity index (χ1) is 8.45. The molecule has 1 heterocycles. The van der Waals surface area contributed by atoms with Crippen molar-refractivity contribution in [3.8, 4) is 0 Å². The second-order valence-corrected chi connectivity index (χ2v) is 4.73. The van der Waals surface area contributed by atoms with Crippen molar-refractivity contribution in [2.24, 2.45) is 5.73 Å². The molecule has 1 fully saturated rings. The van der Waals surface area contributed by atoms with Crippen LogP contribution >= 0.6 is 0 Å². The van der Waals surface area contributed by atoms with Gasteiger partial charge in [-0.05, 0) is 26.2 Å². The zero-order valence-electron chi connectivity index (χ0n) is 10.9. The molecule has 0 bridgehead atoms. The summed E-state index contributed by atoms with van der Waals surface area (Å²) >= 11 is 0. The topological polar surface area (TPSA) is 92.5 Å². The number of nitrogens with zero attached hydrogens (tertiary/aromatic N) is 1. The lowest BCUT2D eigenvalue weighted by Gasteiger charge is -2.33. The zero-order valence-corrected chi connectivity index (χ0v) is 10.9. The van der Waals surface area contributed by atoms with Gasteiger partial charge in [0, 0.05) is 12.5 Å². The highest BCUT2D eigenvalue weighted by Gasteiger charge is 2.34. The summed E-state index contributed by atoms with van der Waals surface area (Å²) in [5.74, 6) is -0.940. The van der Waals surface area contributed by atoms with Gasteiger partial charge in [-0.15, -0.1) is 0 Å². The lowest BCUT2D eigenvalue weighted by molar-refractivity contribution is -0.150. The fourth-order valence-corrected chi connectivity index (χ4v) is 2.05. The number of amides is 3. The summed E-state index contributed by atoms with van der Waals surface area (Å²) in [5.41, 5.74) is 5.61. The van der Waals surface area contributed by atoms with Crippen molar-refractivity contribution in [3.63, 3.8) is 0 Å². The van der Waals surface area contributed by atoms with Crippen molar-refractivity contribution in [3.05, 3.63) is 0 Å². The van der Waals surface area contributed by atoms with Gasteiger partial charge >= 0.3 is 0 Å². The van der Waals surface area contributed by atoms with Crippen LogP contribution in [0.15, 0.2) is 0 Å². The molecule has 0 saturated carbocycles. The summed E-state index contributed by atoms with van der Waals surface area (Å²) in [6.45, 7) is 3.68. The first-order valence-electron chi connectivity index (χ1n) is 6.34. The molecule has 0 spiro atoms. The molecule has 3 N–H and O–H groups in total. The fraction of sp³-hybridized carbons (Fsp3) is 0.750. The summed E-state index contributed by atoms with van der Waals surface area (Å²) in [7, 11) is 0. The van der Waals surface area contributed by atoms with Crippen molar-refractivity contribution in [1.82, 2.24) is 10.2 Å². The van der Waals surface area contributed by atoms with E-state index in [0.717, 1.165) is 6.42 Å². The Morgan fingerprint density at radius 2 is 2.22 bits per heavy atom. The Balaban J connectivity index is 2.57. The highest BCUT2D eigenvalue weighted by Crippen LogP contribution is 2.12. The first kappa shape index (κ1) is 14.6. The van der Waals surface area contributed by atoms with E-state index in [1.807, 2.05) is 13.8 Å². The highest BCUT2D eigenvalue weighted by atomic mass is 16.2. The minimum atomic E-state index is -0.523. The fourth-order valence-electron chi connectivity index (χ4n) is 2.05. The van der Waals surface area contributed by atoms with E-state index >= 15 is 0 Å². The van der Waals surface area contributed by atoms with E-state index in [0.29, 0.717) is 19.3 Å². The van der Waals surface area contributed by atoms with E-state index < -0.39 is 11.9 Å². The largest absolute Gasteiger partial charge is 0.328 e. The molecule has 102 valence electrons. The van der Waals surface area contributed by atoms with E-state index in [1.54, 1.807) is 0 Å². The number of piperazine rings is 1. The van der Waals surface area contributed by atoms with Gasteiger partial charge in [0.1, 0.15) is 12.6 Å². The Morgan fingerprint density at radius 3 is 2.78 bits per heavy atom. The molecule has 0 aromatic carbocycles. The SMILES string of the molecule is CCC1C(=O)NC(=O)CN1C(=O)CCCC(C)N. The number of carbonyl (C=O) groups excluding carboxylic acids is 3. The summed E-state index contributed by atoms with van der Waals surface area (Å²) in [4.78, 5) is 36.2. The maximum Gasteiger partial charge on any atom is 0.249 e. The Morgan fingerprint density at radius 1 is 1.56 bits per heavy atom. The van der Waals surface area contributed by atoms with Crippen LogP contribution in [0.25, 0.3) is 0 Å². The van der Waals surface area contributed by atoms with Crippen LogP contribution < -0.4 is 11.1 Å². The number of imide groups is 1. The number of nitrogens with two attached hydrogens (primary N) is 1. The molecule has 2 atom stereocenters. The Bertz CT molecular complexity index is 341. The Hall–Kier alpha value is -1.43. The van der Waals surface area contributed by atoms with Gasteiger partial charge < -0.3 is 10.6 Å². The van der Waals surface area contributed by atoms with Crippen LogP contribution in [0.1, 0.15) is 39.5 Å². The average Bonchev–Trinajstić information content (AvgIpc) is 2.27. The van der Waals surface area contributed by atoms with E-state index in [-0.39, 0.29) is 24.4 Å². The smallest absolute Gasteiger partial charge is 0.249 e.